The van der Waals surface area contributed by atoms with Gasteiger partial charge in [0.2, 0.25) is 0 Å². The third-order valence-corrected chi connectivity index (χ3v) is 13.9. The van der Waals surface area contributed by atoms with E-state index in [0.717, 1.165) is 76.9 Å². The standard InChI is InChI=1S/C50H57N3O4/c1-32-46(30-53(3)33(2)42-21-16-38-8-4-5-9-43(38)25-42)56-48(57-47(32)40-14-12-34(31-54)13-15-40)41-19-17-39(18-20-41)45-11-7-6-10-44(45)29-51-49(55)52-50-26-35-22-36(27-50)24-37(23-35)28-50/h4-21,25,32-33,35-37,46-48,54H,22-24,26-31H2,1-3H3,(H2,51,52,55)/t32-,33+,35?,36?,37?,46+,47+,48+,50?/m0/s1. The summed E-state index contributed by atoms with van der Waals surface area (Å²) in [5, 5.41) is 18.9. The van der Waals surface area contributed by atoms with Crippen LogP contribution in [0.15, 0.2) is 115 Å². The Kier molecular flexibility index (Phi) is 10.7. The van der Waals surface area contributed by atoms with Crippen LogP contribution in [0.4, 0.5) is 4.79 Å². The summed E-state index contributed by atoms with van der Waals surface area (Å²) in [7, 11) is 2.18. The maximum absolute atomic E-state index is 13.3. The molecule has 7 heteroatoms. The van der Waals surface area contributed by atoms with E-state index >= 15 is 0 Å². The van der Waals surface area contributed by atoms with Gasteiger partial charge in [0.05, 0.1) is 18.8 Å². The van der Waals surface area contributed by atoms with Crippen molar-refractivity contribution in [3.05, 3.63) is 143 Å². The van der Waals surface area contributed by atoms with Crippen LogP contribution >= 0.6 is 0 Å². The number of likely N-dealkylation sites (N-methyl/N-ethyl adjacent to an activating group) is 1. The van der Waals surface area contributed by atoms with E-state index in [1.54, 1.807) is 0 Å². The fourth-order valence-electron chi connectivity index (χ4n) is 11.0. The molecule has 5 aromatic carbocycles. The van der Waals surface area contributed by atoms with Crippen molar-refractivity contribution in [2.45, 2.75) is 95.6 Å². The van der Waals surface area contributed by atoms with Crippen LogP contribution in [-0.2, 0) is 22.6 Å². The highest BCUT2D eigenvalue weighted by Crippen LogP contribution is 2.55. The minimum Gasteiger partial charge on any atom is -0.392 e. The molecular formula is C50H57N3O4. The lowest BCUT2D eigenvalue weighted by molar-refractivity contribution is -0.276. The van der Waals surface area contributed by atoms with Crippen LogP contribution in [0.1, 0.15) is 98.6 Å². The zero-order valence-electron chi connectivity index (χ0n) is 33.6. The van der Waals surface area contributed by atoms with E-state index in [0.29, 0.717) is 6.54 Å². The summed E-state index contributed by atoms with van der Waals surface area (Å²) in [6.45, 7) is 5.69. The van der Waals surface area contributed by atoms with Crippen molar-refractivity contribution in [1.29, 1.82) is 0 Å². The summed E-state index contributed by atoms with van der Waals surface area (Å²) >= 11 is 0. The number of hydrogen-bond donors (Lipinski definition) is 3. The summed E-state index contributed by atoms with van der Waals surface area (Å²) in [5.41, 5.74) is 7.45. The van der Waals surface area contributed by atoms with Crippen LogP contribution in [0.2, 0.25) is 0 Å². The predicted octanol–water partition coefficient (Wildman–Crippen LogP) is 10.3. The number of rotatable bonds is 11. The molecular weight excluding hydrogens is 707 g/mol. The molecule has 1 heterocycles. The summed E-state index contributed by atoms with van der Waals surface area (Å²) in [6, 6.07) is 40.4. The van der Waals surface area contributed by atoms with E-state index in [1.807, 2.05) is 18.2 Å². The zero-order chi connectivity index (χ0) is 39.1. The van der Waals surface area contributed by atoms with Crippen molar-refractivity contribution >= 4 is 16.8 Å². The van der Waals surface area contributed by atoms with E-state index in [4.69, 9.17) is 9.47 Å². The van der Waals surface area contributed by atoms with Gasteiger partial charge in [-0.05, 0) is 120 Å². The molecule has 4 bridgehead atoms. The lowest BCUT2D eigenvalue weighted by Crippen LogP contribution is -2.61. The summed E-state index contributed by atoms with van der Waals surface area (Å²) < 4.78 is 13.7. The molecule has 2 amide bonds. The molecule has 0 radical (unpaired) electrons. The molecule has 0 aromatic heterocycles. The normalized spacial score (nSPS) is 28.4. The van der Waals surface area contributed by atoms with Crippen LogP contribution in [0.3, 0.4) is 0 Å². The molecule has 5 atom stereocenters. The van der Waals surface area contributed by atoms with Crippen molar-refractivity contribution in [2.24, 2.45) is 23.7 Å². The molecule has 57 heavy (non-hydrogen) atoms. The number of hydrogen-bond acceptors (Lipinski definition) is 5. The van der Waals surface area contributed by atoms with Gasteiger partial charge in [0, 0.05) is 36.2 Å². The molecule has 3 N–H and O–H groups in total. The van der Waals surface area contributed by atoms with E-state index in [1.165, 1.54) is 35.6 Å². The second-order valence-corrected chi connectivity index (χ2v) is 17.8. The Balaban J connectivity index is 0.906. The Morgan fingerprint density at radius 2 is 1.46 bits per heavy atom. The van der Waals surface area contributed by atoms with E-state index < -0.39 is 6.29 Å². The van der Waals surface area contributed by atoms with Crippen molar-refractivity contribution < 1.29 is 19.4 Å². The lowest BCUT2D eigenvalue weighted by Gasteiger charge is -2.56. The van der Waals surface area contributed by atoms with Crippen LogP contribution in [0.25, 0.3) is 21.9 Å². The minimum absolute atomic E-state index is 0.00769. The Hall–Kier alpha value is -4.53. The smallest absolute Gasteiger partial charge is 0.315 e. The lowest BCUT2D eigenvalue weighted by atomic mass is 9.53. The molecule has 5 aliphatic rings. The summed E-state index contributed by atoms with van der Waals surface area (Å²) in [4.78, 5) is 15.7. The SMILES string of the molecule is C[C@H]1[C@@H](CN(C)[C@H](C)c2ccc3ccccc3c2)O[C@@H](c2ccc(-c3ccccc3CNC(=O)NC34CC5CC(CC(C5)C3)C4)cc2)O[C@H]1c1ccc(CO)cc1. The molecule has 0 unspecified atom stereocenters. The molecule has 296 valence electrons. The van der Waals surface area contributed by atoms with Crippen molar-refractivity contribution in [3.8, 4) is 11.1 Å². The first-order valence-electron chi connectivity index (χ1n) is 21.2. The van der Waals surface area contributed by atoms with Crippen LogP contribution < -0.4 is 10.6 Å². The maximum atomic E-state index is 13.3. The second-order valence-electron chi connectivity index (χ2n) is 17.8. The van der Waals surface area contributed by atoms with Gasteiger partial charge < -0.3 is 25.2 Å². The Labute approximate surface area is 337 Å². The molecule has 0 spiro atoms. The van der Waals surface area contributed by atoms with E-state index in [9.17, 15) is 9.90 Å². The van der Waals surface area contributed by atoms with E-state index in [-0.39, 0.29) is 42.3 Å². The predicted molar refractivity (Wildman–Crippen MR) is 226 cm³/mol. The highest BCUT2D eigenvalue weighted by Gasteiger charge is 2.51. The molecule has 4 aliphatic carbocycles. The Morgan fingerprint density at radius 1 is 0.807 bits per heavy atom. The Bertz CT molecular complexity index is 2150. The molecule has 5 aromatic rings. The fraction of sp³-hybridized carbons (Fsp3) is 0.420. The van der Waals surface area contributed by atoms with E-state index in [2.05, 4.69) is 133 Å². The topological polar surface area (TPSA) is 83.1 Å². The van der Waals surface area contributed by atoms with Gasteiger partial charge in [0.15, 0.2) is 6.29 Å². The van der Waals surface area contributed by atoms with Gasteiger partial charge in [0.1, 0.15) is 0 Å². The van der Waals surface area contributed by atoms with Gasteiger partial charge in [-0.3, -0.25) is 4.90 Å². The summed E-state index contributed by atoms with van der Waals surface area (Å²) in [5.74, 6) is 2.43. The van der Waals surface area contributed by atoms with Crippen LogP contribution in [0, 0.1) is 23.7 Å². The number of urea groups is 1. The third kappa shape index (κ3) is 8.00. The number of aliphatic hydroxyl groups is 1. The Morgan fingerprint density at radius 3 is 2.16 bits per heavy atom. The number of fused-ring (bicyclic) bond motifs is 1. The largest absolute Gasteiger partial charge is 0.392 e. The number of carbonyl (C=O) groups is 1. The second kappa shape index (κ2) is 16.0. The summed E-state index contributed by atoms with van der Waals surface area (Å²) in [6.07, 6.45) is 6.64. The van der Waals surface area contributed by atoms with Gasteiger partial charge in [-0.15, -0.1) is 0 Å². The number of amides is 2. The van der Waals surface area contributed by atoms with Crippen molar-refractivity contribution in [2.75, 3.05) is 13.6 Å². The van der Waals surface area contributed by atoms with Gasteiger partial charge in [-0.25, -0.2) is 4.79 Å². The fourth-order valence-corrected chi connectivity index (χ4v) is 11.0. The molecule has 4 saturated carbocycles. The number of carbonyl (C=O) groups excluding carboxylic acids is 1. The van der Waals surface area contributed by atoms with Crippen molar-refractivity contribution in [3.63, 3.8) is 0 Å². The number of nitrogens with zero attached hydrogens (tertiary/aromatic N) is 1. The maximum Gasteiger partial charge on any atom is 0.315 e. The van der Waals surface area contributed by atoms with Crippen LogP contribution in [0.5, 0.6) is 0 Å². The average molecular weight is 764 g/mol. The minimum atomic E-state index is -0.558. The number of benzene rings is 5. The van der Waals surface area contributed by atoms with Gasteiger partial charge >= 0.3 is 6.03 Å². The molecule has 5 fully saturated rings. The highest BCUT2D eigenvalue weighted by molar-refractivity contribution is 5.83. The quantitative estimate of drug-likeness (QED) is 0.125. The molecule has 10 rings (SSSR count). The first kappa shape index (κ1) is 38.0. The van der Waals surface area contributed by atoms with Gasteiger partial charge in [-0.1, -0.05) is 116 Å². The molecule has 1 saturated heterocycles. The highest BCUT2D eigenvalue weighted by atomic mass is 16.7. The number of nitrogens with one attached hydrogen (secondary N) is 2. The first-order chi connectivity index (χ1) is 27.7. The number of aliphatic hydroxyl groups excluding tert-OH is 1. The van der Waals surface area contributed by atoms with Crippen LogP contribution in [-0.4, -0.2) is 41.3 Å². The third-order valence-electron chi connectivity index (χ3n) is 13.9. The van der Waals surface area contributed by atoms with Gasteiger partial charge in [-0.2, -0.15) is 0 Å². The molecule has 1 aliphatic heterocycles. The first-order valence-corrected chi connectivity index (χ1v) is 21.2. The van der Waals surface area contributed by atoms with Gasteiger partial charge in [0.25, 0.3) is 0 Å². The molecule has 7 nitrogen and oxygen atoms in total. The number of ether oxygens (including phenoxy) is 2. The zero-order valence-corrected chi connectivity index (χ0v) is 33.6. The monoisotopic (exact) mass is 763 g/mol. The van der Waals surface area contributed by atoms with Crippen molar-refractivity contribution in [1.82, 2.24) is 15.5 Å². The average Bonchev–Trinajstić information content (AvgIpc) is 3.22.